The lowest BCUT2D eigenvalue weighted by Crippen LogP contribution is -2.15. The molecule has 5 nitrogen and oxygen atoms in total. The molecule has 0 spiro atoms. The zero-order chi connectivity index (χ0) is 21.0. The number of halogens is 2. The van der Waals surface area contributed by atoms with E-state index in [0.29, 0.717) is 16.6 Å². The number of aromatic nitrogens is 3. The van der Waals surface area contributed by atoms with Gasteiger partial charge < -0.3 is 9.88 Å². The molecule has 1 aromatic carbocycles. The van der Waals surface area contributed by atoms with E-state index in [1.807, 2.05) is 6.07 Å². The van der Waals surface area contributed by atoms with Gasteiger partial charge in [0.1, 0.15) is 0 Å². The third-order valence-electron chi connectivity index (χ3n) is 4.15. The summed E-state index contributed by atoms with van der Waals surface area (Å²) in [5, 5.41) is 15.0. The second kappa shape index (κ2) is 10.1. The van der Waals surface area contributed by atoms with Crippen molar-refractivity contribution in [2.45, 2.75) is 44.8 Å². The highest BCUT2D eigenvalue weighted by Gasteiger charge is 2.17. The fraction of sp³-hybridized carbons (Fsp3) is 0.350. The topological polar surface area (TPSA) is 59.8 Å². The quantitative estimate of drug-likeness (QED) is 0.341. The van der Waals surface area contributed by atoms with Crippen LogP contribution in [0.5, 0.6) is 0 Å². The molecule has 1 N–H and O–H groups in total. The number of nitrogens with one attached hydrogen (secondary N) is 1. The third kappa shape index (κ3) is 5.63. The molecule has 0 atom stereocenters. The molecular formula is C20H22BrClN4OS2. The number of carbonyl (C=O) groups is 1. The molecule has 2 aromatic heterocycles. The maximum atomic E-state index is 12.4. The number of hydrogen-bond acceptors (Lipinski definition) is 5. The summed E-state index contributed by atoms with van der Waals surface area (Å²) in [5.41, 5.74) is 1.67. The molecule has 3 aromatic rings. The van der Waals surface area contributed by atoms with Gasteiger partial charge in [-0.25, -0.2) is 0 Å². The fourth-order valence-corrected chi connectivity index (χ4v) is 5.10. The first-order valence-electron chi connectivity index (χ1n) is 9.28. The van der Waals surface area contributed by atoms with Crippen LogP contribution in [0, 0.1) is 0 Å². The Morgan fingerprint density at radius 1 is 1.34 bits per heavy atom. The van der Waals surface area contributed by atoms with Crippen LogP contribution >= 0.6 is 50.6 Å². The maximum absolute atomic E-state index is 12.4. The highest BCUT2D eigenvalue weighted by Crippen LogP contribution is 2.31. The van der Waals surface area contributed by atoms with Gasteiger partial charge >= 0.3 is 0 Å². The molecule has 1 amide bonds. The van der Waals surface area contributed by atoms with Gasteiger partial charge in [-0.15, -0.1) is 21.5 Å². The van der Waals surface area contributed by atoms with Gasteiger partial charge in [0.05, 0.1) is 16.5 Å². The van der Waals surface area contributed by atoms with Gasteiger partial charge in [0.2, 0.25) is 5.91 Å². The summed E-state index contributed by atoms with van der Waals surface area (Å²) in [6.45, 7) is 7.29. The Bertz CT molecular complexity index is 1000. The van der Waals surface area contributed by atoms with Gasteiger partial charge in [-0.3, -0.25) is 4.79 Å². The molecule has 0 saturated carbocycles. The number of thiophene rings is 1. The lowest BCUT2D eigenvalue weighted by atomic mass is 10.1. The minimum Gasteiger partial charge on any atom is -0.324 e. The predicted molar refractivity (Wildman–Crippen MR) is 126 cm³/mol. The van der Waals surface area contributed by atoms with Crippen LogP contribution in [-0.4, -0.2) is 26.4 Å². The van der Waals surface area contributed by atoms with Gasteiger partial charge in [-0.1, -0.05) is 60.1 Å². The van der Waals surface area contributed by atoms with Crippen LogP contribution in [0.2, 0.25) is 5.02 Å². The lowest BCUT2D eigenvalue weighted by molar-refractivity contribution is -0.113. The van der Waals surface area contributed by atoms with Gasteiger partial charge in [0.15, 0.2) is 11.0 Å². The van der Waals surface area contributed by atoms with Crippen molar-refractivity contribution in [1.29, 1.82) is 0 Å². The average Bonchev–Trinajstić information content (AvgIpc) is 3.30. The van der Waals surface area contributed by atoms with E-state index in [-0.39, 0.29) is 11.7 Å². The molecular weight excluding hydrogens is 492 g/mol. The van der Waals surface area contributed by atoms with Gasteiger partial charge in [-0.2, -0.15) is 0 Å². The van der Waals surface area contributed by atoms with Gasteiger partial charge in [-0.05, 0) is 36.6 Å². The number of anilines is 1. The average molecular weight is 514 g/mol. The molecule has 0 aliphatic carbocycles. The van der Waals surface area contributed by atoms with E-state index in [9.17, 15) is 4.79 Å². The third-order valence-corrected chi connectivity index (χ3v) is 7.15. The monoisotopic (exact) mass is 512 g/mol. The van der Waals surface area contributed by atoms with Crippen LogP contribution in [0.4, 0.5) is 5.69 Å². The molecule has 0 saturated heterocycles. The Morgan fingerprint density at radius 3 is 2.79 bits per heavy atom. The second-order valence-corrected chi connectivity index (χ2v) is 10.0. The van der Waals surface area contributed by atoms with Crippen molar-refractivity contribution in [3.8, 4) is 11.4 Å². The van der Waals surface area contributed by atoms with Gasteiger partial charge in [0.25, 0.3) is 0 Å². The molecule has 29 heavy (non-hydrogen) atoms. The maximum Gasteiger partial charge on any atom is 0.234 e. The van der Waals surface area contributed by atoms with E-state index in [1.165, 1.54) is 16.6 Å². The molecule has 3 rings (SSSR count). The molecule has 154 valence electrons. The number of nitrogens with zero attached hydrogens (tertiary/aromatic N) is 3. The van der Waals surface area contributed by atoms with Crippen LogP contribution < -0.4 is 5.32 Å². The smallest absolute Gasteiger partial charge is 0.234 e. The number of carbonyl (C=O) groups excluding carboxylic acids is 1. The predicted octanol–water partition coefficient (Wildman–Crippen LogP) is 6.69. The standard InChI is InChI=1S/C20H22BrClN4OS2/c1-4-7-26-19(13-8-17(12(2)3)28-10-13)24-25-20(26)29-11-18(27)23-16-6-5-14(21)9-15(16)22/h5-6,8-10,12H,4,7,11H2,1-3H3,(H,23,27). The van der Waals surface area contributed by atoms with Crippen molar-refractivity contribution in [2.24, 2.45) is 0 Å². The number of hydrogen-bond donors (Lipinski definition) is 1. The molecule has 0 aliphatic heterocycles. The Kier molecular flexibility index (Phi) is 7.79. The van der Waals surface area contributed by atoms with Crippen molar-refractivity contribution < 1.29 is 4.79 Å². The van der Waals surface area contributed by atoms with Crippen LogP contribution in [-0.2, 0) is 11.3 Å². The minimum absolute atomic E-state index is 0.135. The summed E-state index contributed by atoms with van der Waals surface area (Å²) < 4.78 is 2.96. The highest BCUT2D eigenvalue weighted by atomic mass is 79.9. The van der Waals surface area contributed by atoms with Crippen LogP contribution in [0.1, 0.15) is 38.0 Å². The van der Waals surface area contributed by atoms with Crippen LogP contribution in [0.25, 0.3) is 11.4 Å². The van der Waals surface area contributed by atoms with Crippen molar-refractivity contribution in [3.05, 3.63) is 44.0 Å². The summed E-state index contributed by atoms with van der Waals surface area (Å²) in [4.78, 5) is 13.7. The summed E-state index contributed by atoms with van der Waals surface area (Å²) in [7, 11) is 0. The molecule has 9 heteroatoms. The zero-order valence-electron chi connectivity index (χ0n) is 16.4. The van der Waals surface area contributed by atoms with Crippen LogP contribution in [0.15, 0.2) is 39.3 Å². The van der Waals surface area contributed by atoms with E-state index in [1.54, 1.807) is 23.5 Å². The second-order valence-electron chi connectivity index (χ2n) is 6.81. The number of amides is 1. The van der Waals surface area contributed by atoms with E-state index in [2.05, 4.69) is 68.2 Å². The van der Waals surface area contributed by atoms with E-state index < -0.39 is 0 Å². The first-order valence-corrected chi connectivity index (χ1v) is 12.3. The Balaban J connectivity index is 1.71. The Morgan fingerprint density at radius 2 is 2.14 bits per heavy atom. The highest BCUT2D eigenvalue weighted by molar-refractivity contribution is 9.10. The largest absolute Gasteiger partial charge is 0.324 e. The molecule has 0 aliphatic rings. The fourth-order valence-electron chi connectivity index (χ4n) is 2.71. The SMILES string of the molecule is CCCn1c(SCC(=O)Nc2ccc(Br)cc2Cl)nnc1-c1csc(C(C)C)c1. The lowest BCUT2D eigenvalue weighted by Gasteiger charge is -2.09. The summed E-state index contributed by atoms with van der Waals surface area (Å²) >= 11 is 12.7. The van der Waals surface area contributed by atoms with Crippen molar-refractivity contribution in [3.63, 3.8) is 0 Å². The Labute approximate surface area is 192 Å². The van der Waals surface area contributed by atoms with E-state index in [4.69, 9.17) is 11.6 Å². The number of benzene rings is 1. The first kappa shape index (κ1) is 22.3. The van der Waals surface area contributed by atoms with Crippen molar-refractivity contribution >= 4 is 62.2 Å². The molecule has 0 bridgehead atoms. The molecule has 0 fully saturated rings. The number of rotatable bonds is 8. The Hall–Kier alpha value is -1.35. The van der Waals surface area contributed by atoms with E-state index >= 15 is 0 Å². The minimum atomic E-state index is -0.135. The summed E-state index contributed by atoms with van der Waals surface area (Å²) in [6, 6.07) is 7.55. The first-order chi connectivity index (χ1) is 13.9. The van der Waals surface area contributed by atoms with Crippen molar-refractivity contribution in [1.82, 2.24) is 14.8 Å². The number of thioether (sulfide) groups is 1. The molecule has 2 heterocycles. The normalized spacial score (nSPS) is 11.2. The van der Waals surface area contributed by atoms with E-state index in [0.717, 1.165) is 34.0 Å². The zero-order valence-corrected chi connectivity index (χ0v) is 20.4. The van der Waals surface area contributed by atoms with Crippen LogP contribution in [0.3, 0.4) is 0 Å². The van der Waals surface area contributed by atoms with Crippen molar-refractivity contribution in [2.75, 3.05) is 11.1 Å². The molecule has 0 unspecified atom stereocenters. The van der Waals surface area contributed by atoms with Gasteiger partial charge in [0, 0.05) is 26.8 Å². The summed E-state index contributed by atoms with van der Waals surface area (Å²) in [5.74, 6) is 1.44. The molecule has 0 radical (unpaired) electrons. The summed E-state index contributed by atoms with van der Waals surface area (Å²) in [6.07, 6.45) is 0.959.